The van der Waals surface area contributed by atoms with E-state index in [0.717, 1.165) is 16.9 Å². The fourth-order valence-corrected chi connectivity index (χ4v) is 1.53. The molecule has 1 N–H and O–H groups in total. The minimum absolute atomic E-state index is 0.0528. The van der Waals surface area contributed by atoms with Gasteiger partial charge in [-0.2, -0.15) is 0 Å². The van der Waals surface area contributed by atoms with Crippen LogP contribution in [-0.4, -0.2) is 17.4 Å². The van der Waals surface area contributed by atoms with Crippen molar-refractivity contribution in [2.45, 2.75) is 13.0 Å². The Morgan fingerprint density at radius 3 is 3.06 bits per heavy atom. The van der Waals surface area contributed by atoms with Crippen molar-refractivity contribution < 1.29 is 14.4 Å². The van der Waals surface area contributed by atoms with Crippen LogP contribution in [0.5, 0.6) is 5.75 Å². The lowest BCUT2D eigenvalue weighted by Gasteiger charge is -2.03. The normalized spacial score (nSPS) is 10.4. The van der Waals surface area contributed by atoms with Crippen LogP contribution in [0.25, 0.3) is 0 Å². The van der Waals surface area contributed by atoms with E-state index in [1.54, 1.807) is 7.11 Å². The van der Waals surface area contributed by atoms with E-state index < -0.39 is 0 Å². The van der Waals surface area contributed by atoms with Gasteiger partial charge in [-0.15, -0.1) is 0 Å². The van der Waals surface area contributed by atoms with Gasteiger partial charge in [-0.1, -0.05) is 17.3 Å². The topological polar surface area (TPSA) is 55.5 Å². The molecule has 0 radical (unpaired) electrons. The Bertz CT molecular complexity index is 465. The maximum atomic E-state index is 9.06. The van der Waals surface area contributed by atoms with Gasteiger partial charge in [-0.3, -0.25) is 0 Å². The number of aromatic nitrogens is 1. The van der Waals surface area contributed by atoms with Gasteiger partial charge in [0.1, 0.15) is 11.5 Å². The largest absolute Gasteiger partial charge is 0.497 e. The maximum absolute atomic E-state index is 9.06. The molecule has 0 aliphatic heterocycles. The molecule has 0 bridgehead atoms. The van der Waals surface area contributed by atoms with E-state index in [1.165, 1.54) is 6.20 Å². The van der Waals surface area contributed by atoms with Gasteiger partial charge in [0.05, 0.1) is 19.9 Å². The molecule has 0 amide bonds. The fraction of sp³-hybridized carbons (Fsp3) is 0.250. The van der Waals surface area contributed by atoms with Gasteiger partial charge in [-0.05, 0) is 17.7 Å². The number of aliphatic hydroxyl groups excluding tert-OH is 1. The first-order chi connectivity index (χ1) is 7.83. The average molecular weight is 219 g/mol. The molecule has 1 aromatic carbocycles. The fourth-order valence-electron chi connectivity index (χ4n) is 1.53. The average Bonchev–Trinajstić information content (AvgIpc) is 2.76. The van der Waals surface area contributed by atoms with E-state index in [9.17, 15) is 0 Å². The molecule has 2 rings (SSSR count). The molecule has 0 saturated heterocycles. The van der Waals surface area contributed by atoms with Gasteiger partial charge >= 0.3 is 0 Å². The first-order valence-electron chi connectivity index (χ1n) is 4.99. The Kier molecular flexibility index (Phi) is 3.22. The Hall–Kier alpha value is -1.81. The third-order valence-corrected chi connectivity index (χ3v) is 2.40. The van der Waals surface area contributed by atoms with Gasteiger partial charge in [0.15, 0.2) is 0 Å². The summed E-state index contributed by atoms with van der Waals surface area (Å²) in [6, 6.07) is 7.72. The van der Waals surface area contributed by atoms with Crippen LogP contribution >= 0.6 is 0 Å². The summed E-state index contributed by atoms with van der Waals surface area (Å²) in [5, 5.41) is 12.7. The van der Waals surface area contributed by atoms with Crippen molar-refractivity contribution in [3.05, 3.63) is 47.3 Å². The van der Waals surface area contributed by atoms with Crippen molar-refractivity contribution in [2.75, 3.05) is 7.11 Å². The van der Waals surface area contributed by atoms with E-state index in [0.29, 0.717) is 12.2 Å². The number of aliphatic hydroxyl groups is 1. The highest BCUT2D eigenvalue weighted by molar-refractivity contribution is 5.31. The van der Waals surface area contributed by atoms with Crippen molar-refractivity contribution in [2.24, 2.45) is 0 Å². The molecule has 0 aliphatic rings. The zero-order valence-corrected chi connectivity index (χ0v) is 9.01. The van der Waals surface area contributed by atoms with Gasteiger partial charge in [0.2, 0.25) is 0 Å². The summed E-state index contributed by atoms with van der Waals surface area (Å²) in [7, 11) is 1.63. The second-order valence-electron chi connectivity index (χ2n) is 3.46. The summed E-state index contributed by atoms with van der Waals surface area (Å²) in [4.78, 5) is 0. The highest BCUT2D eigenvalue weighted by Gasteiger charge is 2.08. The molecule has 84 valence electrons. The van der Waals surface area contributed by atoms with Crippen LogP contribution in [0.3, 0.4) is 0 Å². The molecule has 0 unspecified atom stereocenters. The second kappa shape index (κ2) is 4.81. The summed E-state index contributed by atoms with van der Waals surface area (Å²) in [6.07, 6.45) is 2.14. The summed E-state index contributed by atoms with van der Waals surface area (Å²) in [6.45, 7) is -0.0528. The molecule has 1 heterocycles. The molecular weight excluding hydrogens is 206 g/mol. The van der Waals surface area contributed by atoms with Crippen LogP contribution in [0.15, 0.2) is 35.0 Å². The van der Waals surface area contributed by atoms with Crippen molar-refractivity contribution in [1.29, 1.82) is 0 Å². The number of ether oxygens (including phenoxy) is 1. The number of rotatable bonds is 4. The Balaban J connectivity index is 2.20. The molecule has 16 heavy (non-hydrogen) atoms. The molecule has 4 heteroatoms. The molecule has 0 aliphatic carbocycles. The highest BCUT2D eigenvalue weighted by atomic mass is 16.5. The van der Waals surface area contributed by atoms with Crippen molar-refractivity contribution in [3.63, 3.8) is 0 Å². The minimum atomic E-state index is -0.0528. The third kappa shape index (κ3) is 2.23. The molecule has 0 spiro atoms. The number of hydrogen-bond acceptors (Lipinski definition) is 4. The maximum Gasteiger partial charge on any atom is 0.146 e. The van der Waals surface area contributed by atoms with Crippen LogP contribution in [-0.2, 0) is 13.0 Å². The van der Waals surface area contributed by atoms with Crippen molar-refractivity contribution in [1.82, 2.24) is 5.16 Å². The summed E-state index contributed by atoms with van der Waals surface area (Å²) in [5.41, 5.74) is 1.79. The monoisotopic (exact) mass is 219 g/mol. The first kappa shape index (κ1) is 10.7. The SMILES string of the molecule is COc1cccc(Cc2oncc2CO)c1. The van der Waals surface area contributed by atoms with Crippen molar-refractivity contribution in [3.8, 4) is 5.75 Å². The second-order valence-corrected chi connectivity index (χ2v) is 3.46. The highest BCUT2D eigenvalue weighted by Crippen LogP contribution is 2.18. The standard InChI is InChI=1S/C12H13NO3/c1-15-11-4-2-3-9(5-11)6-12-10(8-14)7-13-16-12/h2-5,7,14H,6,8H2,1H3. The first-order valence-corrected chi connectivity index (χ1v) is 4.99. The van der Waals surface area contributed by atoms with E-state index >= 15 is 0 Å². The summed E-state index contributed by atoms with van der Waals surface area (Å²) >= 11 is 0. The smallest absolute Gasteiger partial charge is 0.146 e. The van der Waals surface area contributed by atoms with E-state index in [-0.39, 0.29) is 6.61 Å². The number of nitrogens with zero attached hydrogens (tertiary/aromatic N) is 1. The van der Waals surface area contributed by atoms with Crippen LogP contribution in [0.1, 0.15) is 16.9 Å². The lowest BCUT2D eigenvalue weighted by molar-refractivity contribution is 0.277. The number of hydrogen-bond donors (Lipinski definition) is 1. The Labute approximate surface area is 93.5 Å². The molecule has 2 aromatic rings. The predicted molar refractivity (Wildman–Crippen MR) is 58.2 cm³/mol. The minimum Gasteiger partial charge on any atom is -0.497 e. The van der Waals surface area contributed by atoms with Crippen LogP contribution in [0.2, 0.25) is 0 Å². The third-order valence-electron chi connectivity index (χ3n) is 2.40. The van der Waals surface area contributed by atoms with Gasteiger partial charge in [-0.25, -0.2) is 0 Å². The van der Waals surface area contributed by atoms with E-state index in [4.69, 9.17) is 14.4 Å². The van der Waals surface area contributed by atoms with Gasteiger partial charge in [0.25, 0.3) is 0 Å². The molecule has 0 fully saturated rings. The van der Waals surface area contributed by atoms with E-state index in [2.05, 4.69) is 5.16 Å². The van der Waals surface area contributed by atoms with Crippen LogP contribution < -0.4 is 4.74 Å². The molecule has 0 atom stereocenters. The zero-order chi connectivity index (χ0) is 11.4. The van der Waals surface area contributed by atoms with Gasteiger partial charge < -0.3 is 14.4 Å². The lowest BCUT2D eigenvalue weighted by Crippen LogP contribution is -1.92. The Morgan fingerprint density at radius 1 is 1.44 bits per heavy atom. The number of methoxy groups -OCH3 is 1. The quantitative estimate of drug-likeness (QED) is 0.851. The summed E-state index contributed by atoms with van der Waals surface area (Å²) in [5.74, 6) is 1.50. The Morgan fingerprint density at radius 2 is 2.31 bits per heavy atom. The number of benzene rings is 1. The summed E-state index contributed by atoms with van der Waals surface area (Å²) < 4.78 is 10.2. The molecule has 0 saturated carbocycles. The van der Waals surface area contributed by atoms with Crippen molar-refractivity contribution >= 4 is 0 Å². The predicted octanol–water partition coefficient (Wildman–Crippen LogP) is 1.77. The van der Waals surface area contributed by atoms with E-state index in [1.807, 2.05) is 24.3 Å². The lowest BCUT2D eigenvalue weighted by atomic mass is 10.1. The molecule has 4 nitrogen and oxygen atoms in total. The van der Waals surface area contributed by atoms with Crippen LogP contribution in [0, 0.1) is 0 Å². The van der Waals surface area contributed by atoms with Crippen LogP contribution in [0.4, 0.5) is 0 Å². The zero-order valence-electron chi connectivity index (χ0n) is 9.01. The molecular formula is C12H13NO3. The van der Waals surface area contributed by atoms with Gasteiger partial charge in [0, 0.05) is 12.0 Å². The molecule has 1 aromatic heterocycles.